The summed E-state index contributed by atoms with van der Waals surface area (Å²) in [6.45, 7) is 1.75. The van der Waals surface area contributed by atoms with E-state index in [4.69, 9.17) is 21.6 Å². The molecule has 0 aliphatic heterocycles. The third-order valence-electron chi connectivity index (χ3n) is 1.53. The number of rotatable bonds is 1. The van der Waals surface area contributed by atoms with Gasteiger partial charge in [0.25, 0.3) is 0 Å². The first kappa shape index (κ1) is 8.82. The number of ether oxygens (including phenoxy) is 1. The monoisotopic (exact) mass is 182 g/mol. The normalized spacial score (nSPS) is 9.17. The van der Waals surface area contributed by atoms with Gasteiger partial charge in [0.15, 0.2) is 0 Å². The lowest BCUT2D eigenvalue weighted by Crippen LogP contribution is -1.94. The number of pyridine rings is 1. The lowest BCUT2D eigenvalue weighted by Gasteiger charge is -2.06. The molecular weight excluding hydrogens is 176 g/mol. The second-order valence-corrected chi connectivity index (χ2v) is 2.63. The molecule has 4 heteroatoms. The zero-order chi connectivity index (χ0) is 9.14. The fourth-order valence-corrected chi connectivity index (χ4v) is 1.19. The van der Waals surface area contributed by atoms with Crippen LogP contribution in [0.25, 0.3) is 0 Å². The molecule has 0 aliphatic rings. The number of nitriles is 1. The van der Waals surface area contributed by atoms with Crippen LogP contribution in [0.15, 0.2) is 6.20 Å². The Bertz CT molecular complexity index is 344. The van der Waals surface area contributed by atoms with Crippen LogP contribution in [0.1, 0.15) is 11.3 Å². The Morgan fingerprint density at radius 2 is 2.33 bits per heavy atom. The maximum Gasteiger partial charge on any atom is 0.147 e. The van der Waals surface area contributed by atoms with E-state index < -0.39 is 0 Å². The van der Waals surface area contributed by atoms with Crippen molar-refractivity contribution in [1.82, 2.24) is 4.98 Å². The lowest BCUT2D eigenvalue weighted by molar-refractivity contribution is 0.411. The third-order valence-corrected chi connectivity index (χ3v) is 1.80. The quantitative estimate of drug-likeness (QED) is 0.667. The Morgan fingerprint density at radius 3 is 2.83 bits per heavy atom. The first-order valence-corrected chi connectivity index (χ1v) is 3.67. The SMILES string of the molecule is COc1c(Cl)cnc(C#N)c1C. The van der Waals surface area contributed by atoms with Crippen molar-refractivity contribution in [2.45, 2.75) is 6.92 Å². The predicted octanol–water partition coefficient (Wildman–Crippen LogP) is 1.92. The molecule has 12 heavy (non-hydrogen) atoms. The van der Waals surface area contributed by atoms with E-state index in [2.05, 4.69) is 4.98 Å². The summed E-state index contributed by atoms with van der Waals surface area (Å²) < 4.78 is 5.00. The van der Waals surface area contributed by atoms with Crippen LogP contribution in [-0.2, 0) is 0 Å². The Balaban J connectivity index is 3.36. The van der Waals surface area contributed by atoms with Crippen LogP contribution in [0.3, 0.4) is 0 Å². The molecule has 3 nitrogen and oxygen atoms in total. The van der Waals surface area contributed by atoms with Crippen molar-refractivity contribution in [3.63, 3.8) is 0 Å². The number of aromatic nitrogens is 1. The van der Waals surface area contributed by atoms with Crippen LogP contribution in [0, 0.1) is 18.3 Å². The molecule has 0 spiro atoms. The standard InChI is InChI=1S/C8H7ClN2O/c1-5-7(3-10)11-4-6(9)8(5)12-2/h4H,1-2H3. The maximum absolute atomic E-state index is 8.62. The molecule has 1 aromatic rings. The van der Waals surface area contributed by atoms with Gasteiger partial charge in [-0.05, 0) is 6.92 Å². The van der Waals surface area contributed by atoms with Crippen LogP contribution < -0.4 is 4.74 Å². The van der Waals surface area contributed by atoms with Crippen molar-refractivity contribution in [3.8, 4) is 11.8 Å². The molecule has 0 bridgehead atoms. The number of hydrogen-bond acceptors (Lipinski definition) is 3. The minimum Gasteiger partial charge on any atom is -0.495 e. The number of halogens is 1. The van der Waals surface area contributed by atoms with Gasteiger partial charge in [-0.15, -0.1) is 0 Å². The number of methoxy groups -OCH3 is 1. The summed E-state index contributed by atoms with van der Waals surface area (Å²) in [5.41, 5.74) is 1.02. The summed E-state index contributed by atoms with van der Waals surface area (Å²) in [6, 6.07) is 1.95. The summed E-state index contributed by atoms with van der Waals surface area (Å²) in [6.07, 6.45) is 1.41. The van der Waals surface area contributed by atoms with E-state index in [1.807, 2.05) is 6.07 Å². The first-order valence-electron chi connectivity index (χ1n) is 3.30. The van der Waals surface area contributed by atoms with E-state index in [1.165, 1.54) is 13.3 Å². The smallest absolute Gasteiger partial charge is 0.147 e. The van der Waals surface area contributed by atoms with Gasteiger partial charge in [-0.1, -0.05) is 11.6 Å². The molecule has 0 saturated heterocycles. The van der Waals surface area contributed by atoms with Gasteiger partial charge in [0.1, 0.15) is 22.5 Å². The van der Waals surface area contributed by atoms with E-state index in [9.17, 15) is 0 Å². The van der Waals surface area contributed by atoms with Crippen molar-refractivity contribution >= 4 is 11.6 Å². The molecule has 0 unspecified atom stereocenters. The van der Waals surface area contributed by atoms with Crippen molar-refractivity contribution in [3.05, 3.63) is 22.5 Å². The molecule has 1 rings (SSSR count). The van der Waals surface area contributed by atoms with E-state index >= 15 is 0 Å². The minimum absolute atomic E-state index is 0.344. The molecule has 62 valence electrons. The van der Waals surface area contributed by atoms with E-state index in [0.717, 1.165) is 0 Å². The van der Waals surface area contributed by atoms with Crippen molar-refractivity contribution < 1.29 is 4.74 Å². The summed E-state index contributed by atoms with van der Waals surface area (Å²) in [4.78, 5) is 3.83. The van der Waals surface area contributed by atoms with E-state index in [-0.39, 0.29) is 0 Å². The molecule has 0 fully saturated rings. The average molecular weight is 183 g/mol. The molecule has 1 aromatic heterocycles. The van der Waals surface area contributed by atoms with Gasteiger partial charge in [-0.3, -0.25) is 0 Å². The fraction of sp³-hybridized carbons (Fsp3) is 0.250. The molecular formula is C8H7ClN2O. The molecule has 0 saturated carbocycles. The molecule has 0 radical (unpaired) electrons. The highest BCUT2D eigenvalue weighted by molar-refractivity contribution is 6.32. The van der Waals surface area contributed by atoms with E-state index in [1.54, 1.807) is 6.92 Å². The van der Waals surface area contributed by atoms with E-state index in [0.29, 0.717) is 22.0 Å². The fourth-order valence-electron chi connectivity index (χ4n) is 0.927. The van der Waals surface area contributed by atoms with Crippen LogP contribution in [0.5, 0.6) is 5.75 Å². The predicted molar refractivity (Wildman–Crippen MR) is 45.3 cm³/mol. The Labute approximate surface area is 75.6 Å². The first-order chi connectivity index (χ1) is 5.70. The van der Waals surface area contributed by atoms with Crippen molar-refractivity contribution in [2.75, 3.05) is 7.11 Å². The summed E-state index contributed by atoms with van der Waals surface area (Å²) in [5.74, 6) is 0.517. The Kier molecular flexibility index (Phi) is 2.51. The highest BCUT2D eigenvalue weighted by atomic mass is 35.5. The molecule has 0 aromatic carbocycles. The molecule has 0 atom stereocenters. The molecule has 0 N–H and O–H groups in total. The molecule has 0 aliphatic carbocycles. The van der Waals surface area contributed by atoms with Gasteiger partial charge in [0.2, 0.25) is 0 Å². The second-order valence-electron chi connectivity index (χ2n) is 2.22. The van der Waals surface area contributed by atoms with Gasteiger partial charge in [-0.25, -0.2) is 4.98 Å². The zero-order valence-electron chi connectivity index (χ0n) is 6.76. The van der Waals surface area contributed by atoms with Crippen LogP contribution in [-0.4, -0.2) is 12.1 Å². The second kappa shape index (κ2) is 3.42. The highest BCUT2D eigenvalue weighted by Gasteiger charge is 2.09. The van der Waals surface area contributed by atoms with Gasteiger partial charge < -0.3 is 4.74 Å². The largest absolute Gasteiger partial charge is 0.495 e. The summed E-state index contributed by atoms with van der Waals surface area (Å²) >= 11 is 5.76. The summed E-state index contributed by atoms with van der Waals surface area (Å²) in [5, 5.41) is 9.04. The van der Waals surface area contributed by atoms with Gasteiger partial charge in [0.05, 0.1) is 13.3 Å². The Hall–Kier alpha value is -1.27. The Morgan fingerprint density at radius 1 is 1.67 bits per heavy atom. The average Bonchev–Trinajstić information content (AvgIpc) is 2.06. The van der Waals surface area contributed by atoms with Crippen molar-refractivity contribution in [2.24, 2.45) is 0 Å². The van der Waals surface area contributed by atoms with Gasteiger partial charge >= 0.3 is 0 Å². The number of nitrogens with zero attached hydrogens (tertiary/aromatic N) is 2. The van der Waals surface area contributed by atoms with Gasteiger partial charge in [0, 0.05) is 5.56 Å². The third kappa shape index (κ3) is 1.34. The maximum atomic E-state index is 8.62. The van der Waals surface area contributed by atoms with Gasteiger partial charge in [-0.2, -0.15) is 5.26 Å². The minimum atomic E-state index is 0.344. The van der Waals surface area contributed by atoms with Crippen LogP contribution >= 0.6 is 11.6 Å². The molecule has 1 heterocycles. The number of hydrogen-bond donors (Lipinski definition) is 0. The van der Waals surface area contributed by atoms with Crippen LogP contribution in [0.2, 0.25) is 5.02 Å². The van der Waals surface area contributed by atoms with Crippen molar-refractivity contribution in [1.29, 1.82) is 5.26 Å². The lowest BCUT2D eigenvalue weighted by atomic mass is 10.2. The summed E-state index contributed by atoms with van der Waals surface area (Å²) in [7, 11) is 1.51. The molecule has 0 amide bonds. The highest BCUT2D eigenvalue weighted by Crippen LogP contribution is 2.28. The topological polar surface area (TPSA) is 45.9 Å². The van der Waals surface area contributed by atoms with Crippen LogP contribution in [0.4, 0.5) is 0 Å². The zero-order valence-corrected chi connectivity index (χ0v) is 7.51.